The van der Waals surface area contributed by atoms with Gasteiger partial charge < -0.3 is 124 Å². The maximum Gasteiger partial charge on any atom is 0.245 e. The van der Waals surface area contributed by atoms with Gasteiger partial charge in [-0.25, -0.2) is 0 Å². The van der Waals surface area contributed by atoms with Crippen molar-refractivity contribution in [3.63, 3.8) is 0 Å². The highest BCUT2D eigenvalue weighted by Gasteiger charge is 2.38. The first kappa shape index (κ1) is 95.5. The molecule has 29 N–H and O–H groups in total. The number of nitrogens with two attached hydrogens (primary N) is 6. The van der Waals surface area contributed by atoms with Gasteiger partial charge in [-0.05, 0) is 117 Å². The molecule has 39 nitrogen and oxygen atoms in total. The number of carbonyl (C=O) groups is 16. The Bertz CT molecular complexity index is 4210. The molecule has 117 heavy (non-hydrogen) atoms. The molecule has 0 aliphatic rings. The molecule has 0 radical (unpaired) electrons. The molecule has 0 saturated heterocycles. The summed E-state index contributed by atoms with van der Waals surface area (Å²) in [6, 6.07) is 4.21. The Morgan fingerprint density at radius 3 is 1.26 bits per heavy atom. The van der Waals surface area contributed by atoms with Gasteiger partial charge >= 0.3 is 0 Å². The van der Waals surface area contributed by atoms with Crippen LogP contribution in [0, 0.1) is 11.8 Å². The molecular formula is C78H115N21O18. The Labute approximate surface area is 676 Å². The third-order valence-electron chi connectivity index (χ3n) is 19.2. The highest BCUT2D eigenvalue weighted by Crippen LogP contribution is 2.23. The summed E-state index contributed by atoms with van der Waals surface area (Å²) < 4.78 is 0. The number of hydrogen-bond acceptors (Lipinski definition) is 21. The van der Waals surface area contributed by atoms with Gasteiger partial charge in [0.15, 0.2) is 0 Å². The summed E-state index contributed by atoms with van der Waals surface area (Å²) in [5.41, 5.74) is 36.6. The Morgan fingerprint density at radius 2 is 0.786 bits per heavy atom. The van der Waals surface area contributed by atoms with Gasteiger partial charge in [0.05, 0.1) is 39.1 Å². The maximum atomic E-state index is 15.0. The quantitative estimate of drug-likeness (QED) is 0.0164. The minimum atomic E-state index is -1.86. The fraction of sp³-hybridized carbons (Fsp3) is 0.513. The van der Waals surface area contributed by atoms with E-state index in [0.717, 1.165) is 19.3 Å². The van der Waals surface area contributed by atoms with Crippen LogP contribution in [0.4, 0.5) is 0 Å². The number of phenolic OH excluding ortho intramolecular Hbond substituents is 1. The van der Waals surface area contributed by atoms with Crippen molar-refractivity contribution in [3.05, 3.63) is 102 Å². The summed E-state index contributed by atoms with van der Waals surface area (Å²) in [4.78, 5) is 225. The lowest BCUT2D eigenvalue weighted by Gasteiger charge is -2.29. The van der Waals surface area contributed by atoms with Gasteiger partial charge in [0, 0.05) is 59.9 Å². The van der Waals surface area contributed by atoms with Crippen molar-refractivity contribution in [2.24, 2.45) is 46.2 Å². The highest BCUT2D eigenvalue weighted by atomic mass is 16.3. The van der Waals surface area contributed by atoms with Crippen LogP contribution < -0.4 is 104 Å². The number of benzene rings is 3. The number of aromatic amines is 2. The maximum absolute atomic E-state index is 15.0. The van der Waals surface area contributed by atoms with Crippen LogP contribution in [0.3, 0.4) is 0 Å². The van der Waals surface area contributed by atoms with E-state index < -0.39 is 200 Å². The van der Waals surface area contributed by atoms with E-state index in [1.165, 1.54) is 31.2 Å². The summed E-state index contributed by atoms with van der Waals surface area (Å²) in [5, 5.41) is 54.4. The SMILES string of the molecule is CC[C@H](C)[C@H](NC(=O)[C@H](CC(N)=O)NC(=O)[C@H](Cc1c[nH]c2ccccc12)NC(=O)[C@@H](CCCN)NC(=O)CNC(=O)[C@H](CCCN)NC(=O)[C@@H](CCCN)NC(=O)[C@@H](Cc1c[nH]c2ccccc12)NC(=O)[C@@H](Cc1ccc(O)cc1)NC(=O)[C@@H](CO)NC(=O)CCCCCC(C)C)C(=O)N[C@@H](CC(N)=O)C(=O)NCC(=O)NCC(N)=O. The smallest absolute Gasteiger partial charge is 0.245 e. The Balaban J connectivity index is 1.36. The third kappa shape index (κ3) is 33.0. The number of para-hydroxylation sites is 2. The number of aromatic nitrogens is 2. The summed E-state index contributed by atoms with van der Waals surface area (Å²) in [6.07, 6.45) is 4.29. The van der Waals surface area contributed by atoms with Gasteiger partial charge in [0.25, 0.3) is 0 Å². The number of carbonyl (C=O) groups excluding carboxylic acids is 16. The number of aliphatic hydroxyl groups is 1. The normalized spacial score (nSPS) is 14.0. The van der Waals surface area contributed by atoms with Gasteiger partial charge in [-0.2, -0.15) is 0 Å². The second-order valence-electron chi connectivity index (χ2n) is 29.0. The standard InChI is InChI=1S/C78H115N21O18/c1-5-44(4)68(78(117)98-59(35-62(82)102)70(109)88-40-66(106)87-39-64(84)104)99-76(115)60(36-63(83)103)97-75(114)58(34-47-38-86-52-20-12-10-18-50(47)52)95-71(110)54(22-14-30-80)90-67(107)41-89-69(108)53(21-13-29-79)92-72(111)55(23-15-31-81)93-74(113)57(33-46-37-85-51-19-11-9-17-49(46)51)96-73(112)56(32-45-25-27-48(101)28-26-45)94-77(116)61(42-100)91-65(105)24-8-6-7-16-43(2)3/h9-12,17-20,25-28,37-38,43-44,53-61,68,85-86,100-101H,5-8,13-16,21-24,29-36,39-42,79-81H2,1-4H3,(H2,82,102)(H2,83,103)(H2,84,104)(H,87,106)(H,88,109)(H,89,108)(H,90,107)(H,91,105)(H,92,111)(H,93,113)(H,94,116)(H,95,110)(H,96,112)(H,97,114)(H,98,117)(H,99,115)/t44-,53-,54+,55+,56+,57+,58-,59-,60-,61+,68-/m0/s1. The minimum Gasteiger partial charge on any atom is -0.508 e. The second kappa shape index (κ2) is 49.6. The van der Waals surface area contributed by atoms with Crippen LogP contribution in [0.5, 0.6) is 5.75 Å². The molecule has 11 atom stereocenters. The topological polar surface area (TPSA) is 658 Å². The van der Waals surface area contributed by atoms with Crippen molar-refractivity contribution in [1.82, 2.24) is 79.1 Å². The molecule has 0 bridgehead atoms. The van der Waals surface area contributed by atoms with E-state index in [1.807, 2.05) is 0 Å². The number of hydrogen-bond donors (Lipinski definition) is 23. The van der Waals surface area contributed by atoms with Crippen LogP contribution in [-0.2, 0) is 96.0 Å². The van der Waals surface area contributed by atoms with Gasteiger partial charge in [0.2, 0.25) is 94.5 Å². The molecule has 2 aromatic heterocycles. The molecule has 0 aliphatic heterocycles. The van der Waals surface area contributed by atoms with Gasteiger partial charge in [-0.15, -0.1) is 0 Å². The first-order chi connectivity index (χ1) is 55.8. The molecule has 0 aliphatic carbocycles. The van der Waals surface area contributed by atoms with Gasteiger partial charge in [-0.3, -0.25) is 76.7 Å². The zero-order valence-electron chi connectivity index (χ0n) is 66.4. The highest BCUT2D eigenvalue weighted by molar-refractivity contribution is 6.01. The fourth-order valence-corrected chi connectivity index (χ4v) is 12.5. The van der Waals surface area contributed by atoms with E-state index in [0.29, 0.717) is 50.8 Å². The third-order valence-corrected chi connectivity index (χ3v) is 19.2. The molecule has 39 heteroatoms. The van der Waals surface area contributed by atoms with Crippen LogP contribution in [0.2, 0.25) is 0 Å². The first-order valence-corrected chi connectivity index (χ1v) is 39.1. The number of rotatable bonds is 54. The molecule has 0 saturated carbocycles. The van der Waals surface area contributed by atoms with Crippen molar-refractivity contribution in [1.29, 1.82) is 0 Å². The lowest BCUT2D eigenvalue weighted by molar-refractivity contribution is -0.137. The monoisotopic (exact) mass is 1630 g/mol. The Hall–Kier alpha value is -12.1. The van der Waals surface area contributed by atoms with Crippen LogP contribution in [0.15, 0.2) is 85.2 Å². The Kier molecular flexibility index (Phi) is 40.5. The zero-order valence-corrected chi connectivity index (χ0v) is 66.4. The van der Waals surface area contributed by atoms with Crippen molar-refractivity contribution in [3.8, 4) is 5.75 Å². The molecule has 5 rings (SSSR count). The van der Waals surface area contributed by atoms with Crippen LogP contribution in [0.1, 0.15) is 134 Å². The number of nitrogens with one attached hydrogen (secondary N) is 15. The summed E-state index contributed by atoms with van der Waals surface area (Å²) in [6.45, 7) is 4.49. The Morgan fingerprint density at radius 1 is 0.385 bits per heavy atom. The lowest BCUT2D eigenvalue weighted by atomic mass is 9.96. The van der Waals surface area contributed by atoms with Crippen LogP contribution in [0.25, 0.3) is 21.8 Å². The van der Waals surface area contributed by atoms with Crippen molar-refractivity contribution < 1.29 is 86.9 Å². The molecule has 5 aromatic rings. The molecule has 2 heterocycles. The molecule has 0 fully saturated rings. The summed E-state index contributed by atoms with van der Waals surface area (Å²) in [5.74, 6) is -15.6. The van der Waals surface area contributed by atoms with E-state index in [1.54, 1.807) is 67.8 Å². The largest absolute Gasteiger partial charge is 0.508 e. The number of phenols is 1. The number of aromatic hydroxyl groups is 1. The molecule has 3 aromatic carbocycles. The number of unbranched alkanes of at least 4 members (excludes halogenated alkanes) is 2. The molecule has 0 spiro atoms. The fourth-order valence-electron chi connectivity index (χ4n) is 12.5. The van der Waals surface area contributed by atoms with E-state index in [2.05, 4.69) is 92.9 Å². The van der Waals surface area contributed by atoms with E-state index in [9.17, 15) is 86.9 Å². The average Bonchev–Trinajstić information content (AvgIpc) is 1.27. The van der Waals surface area contributed by atoms with Gasteiger partial charge in [-0.1, -0.05) is 102 Å². The minimum absolute atomic E-state index is 0.00200. The van der Waals surface area contributed by atoms with E-state index in [-0.39, 0.29) is 96.0 Å². The van der Waals surface area contributed by atoms with Crippen molar-refractivity contribution in [2.45, 2.75) is 197 Å². The van der Waals surface area contributed by atoms with E-state index in [4.69, 9.17) is 34.4 Å². The van der Waals surface area contributed by atoms with Crippen LogP contribution in [-0.4, -0.2) is 221 Å². The molecule has 16 amide bonds. The zero-order chi connectivity index (χ0) is 86.3. The predicted molar refractivity (Wildman–Crippen MR) is 430 cm³/mol. The average molecular weight is 1630 g/mol. The van der Waals surface area contributed by atoms with Crippen molar-refractivity contribution >= 4 is 116 Å². The van der Waals surface area contributed by atoms with Crippen molar-refractivity contribution in [2.75, 3.05) is 45.9 Å². The van der Waals surface area contributed by atoms with Gasteiger partial charge in [0.1, 0.15) is 66.2 Å². The molecular weight excluding hydrogens is 1520 g/mol. The first-order valence-electron chi connectivity index (χ1n) is 39.1. The number of aliphatic hydroxyl groups excluding tert-OH is 1. The molecule has 640 valence electrons. The lowest BCUT2D eigenvalue weighted by Crippen LogP contribution is -2.61. The second-order valence-corrected chi connectivity index (χ2v) is 29.0. The summed E-state index contributed by atoms with van der Waals surface area (Å²) >= 11 is 0. The molecule has 0 unspecified atom stereocenters. The number of amides is 16. The van der Waals surface area contributed by atoms with E-state index >= 15 is 0 Å². The number of fused-ring (bicyclic) bond motifs is 2. The van der Waals surface area contributed by atoms with Crippen LogP contribution >= 0.6 is 0 Å². The predicted octanol–water partition coefficient (Wildman–Crippen LogP) is -4.32. The number of H-pyrrole nitrogens is 2. The summed E-state index contributed by atoms with van der Waals surface area (Å²) in [7, 11) is 0. The number of primary amides is 3.